The van der Waals surface area contributed by atoms with E-state index in [-0.39, 0.29) is 35.1 Å². The Bertz CT molecular complexity index is 1410. The number of benzene rings is 2. The molecule has 1 aromatic heterocycles. The lowest BCUT2D eigenvalue weighted by molar-refractivity contribution is -0.384. The van der Waals surface area contributed by atoms with Crippen LogP contribution in [0.4, 0.5) is 24.5 Å². The highest BCUT2D eigenvalue weighted by atomic mass is 19.4. The number of nitrogens with zero attached hydrogens (tertiary/aromatic N) is 3. The number of alkyl halides is 3. The summed E-state index contributed by atoms with van der Waals surface area (Å²) >= 11 is 0. The van der Waals surface area contributed by atoms with Gasteiger partial charge >= 0.3 is 12.1 Å². The molecule has 0 spiro atoms. The molecule has 2 heterocycles. The third kappa shape index (κ3) is 4.87. The number of hydrogen-bond donors (Lipinski definition) is 0. The van der Waals surface area contributed by atoms with Gasteiger partial charge in [0.1, 0.15) is 11.5 Å². The summed E-state index contributed by atoms with van der Waals surface area (Å²) < 4.78 is 51.5. The molecule has 1 aliphatic heterocycles. The Hall–Kier alpha value is -4.74. The van der Waals surface area contributed by atoms with Crippen LogP contribution in [0, 0.1) is 10.1 Å². The summed E-state index contributed by atoms with van der Waals surface area (Å²) in [6, 6.07) is 13.4. The van der Waals surface area contributed by atoms with Crippen molar-refractivity contribution in [2.75, 3.05) is 11.6 Å². The zero-order chi connectivity index (χ0) is 26.0. The van der Waals surface area contributed by atoms with Gasteiger partial charge in [-0.1, -0.05) is 12.1 Å². The van der Waals surface area contributed by atoms with Crippen LogP contribution in [0.3, 0.4) is 0 Å². The Morgan fingerprint density at radius 2 is 1.89 bits per heavy atom. The quantitative estimate of drug-likeness (QED) is 0.195. The van der Waals surface area contributed by atoms with Gasteiger partial charge in [0.25, 0.3) is 11.6 Å². The third-order valence-electron chi connectivity index (χ3n) is 5.02. The summed E-state index contributed by atoms with van der Waals surface area (Å²) in [7, 11) is 0. The van der Waals surface area contributed by atoms with E-state index >= 15 is 0 Å². The van der Waals surface area contributed by atoms with Crippen molar-refractivity contribution >= 4 is 35.0 Å². The minimum Gasteiger partial charge on any atom is -0.462 e. The second-order valence-corrected chi connectivity index (χ2v) is 7.40. The van der Waals surface area contributed by atoms with E-state index in [0.717, 1.165) is 6.08 Å². The lowest BCUT2D eigenvalue weighted by atomic mass is 10.1. The molecule has 9 nitrogen and oxygen atoms in total. The van der Waals surface area contributed by atoms with Crippen molar-refractivity contribution in [3.05, 3.63) is 87.7 Å². The maximum absolute atomic E-state index is 13.7. The molecule has 0 saturated heterocycles. The van der Waals surface area contributed by atoms with Crippen molar-refractivity contribution in [2.45, 2.75) is 13.1 Å². The first-order chi connectivity index (χ1) is 17.1. The van der Waals surface area contributed by atoms with E-state index in [1.165, 1.54) is 60.7 Å². The number of nitro benzene ring substituents is 1. The molecule has 2 aromatic carbocycles. The van der Waals surface area contributed by atoms with E-state index < -0.39 is 34.3 Å². The number of carbonyl (C=O) groups excluding carboxylic acids is 2. The summed E-state index contributed by atoms with van der Waals surface area (Å²) in [5.74, 6) is -1.60. The highest BCUT2D eigenvalue weighted by Gasteiger charge is 2.47. The summed E-state index contributed by atoms with van der Waals surface area (Å²) in [4.78, 5) is 35.1. The molecule has 3 aromatic rings. The molecule has 1 aliphatic rings. The molecule has 0 radical (unpaired) electrons. The van der Waals surface area contributed by atoms with Crippen LogP contribution in [0.1, 0.15) is 23.0 Å². The molecule has 0 saturated carbocycles. The Morgan fingerprint density at radius 3 is 2.53 bits per heavy atom. The maximum atomic E-state index is 13.7. The van der Waals surface area contributed by atoms with E-state index in [9.17, 15) is 32.9 Å². The summed E-state index contributed by atoms with van der Waals surface area (Å²) in [5, 5.41) is 15.0. The third-order valence-corrected chi connectivity index (χ3v) is 5.02. The van der Waals surface area contributed by atoms with Gasteiger partial charge in [-0.2, -0.15) is 23.3 Å². The van der Waals surface area contributed by atoms with E-state index in [2.05, 4.69) is 5.10 Å². The number of carbonyl (C=O) groups is 2. The van der Waals surface area contributed by atoms with E-state index in [4.69, 9.17) is 9.15 Å². The molecular weight excluding hydrogens is 483 g/mol. The first-order valence-corrected chi connectivity index (χ1v) is 10.4. The number of halogens is 3. The smallest absolute Gasteiger partial charge is 0.435 e. The zero-order valence-corrected chi connectivity index (χ0v) is 18.5. The number of rotatable bonds is 6. The lowest BCUT2D eigenvalue weighted by Crippen LogP contribution is -2.25. The fraction of sp³-hybridized carbons (Fsp3) is 0.125. The number of amides is 1. The Balaban J connectivity index is 1.66. The van der Waals surface area contributed by atoms with Crippen molar-refractivity contribution in [3.8, 4) is 11.3 Å². The van der Waals surface area contributed by atoms with Crippen LogP contribution in [0.15, 0.2) is 75.8 Å². The number of non-ortho nitro benzene ring substituents is 1. The van der Waals surface area contributed by atoms with E-state index in [1.807, 2.05) is 0 Å². The van der Waals surface area contributed by atoms with E-state index in [1.54, 1.807) is 6.92 Å². The lowest BCUT2D eigenvalue weighted by Gasteiger charge is -2.12. The maximum Gasteiger partial charge on any atom is 0.435 e. The summed E-state index contributed by atoms with van der Waals surface area (Å²) in [6.07, 6.45) is -4.04. The molecule has 12 heteroatoms. The standard InChI is InChI=1S/C24H16F3N3O6/c1-2-35-23(32)14-6-8-16(9-7-14)29-22(31)19(21(28-29)24(25,26)27)13-18-10-11-20(36-18)15-4-3-5-17(12-15)30(33)34/h3-13H,2H2,1H3. The second kappa shape index (κ2) is 9.49. The van der Waals surface area contributed by atoms with Crippen LogP contribution in [0.2, 0.25) is 0 Å². The van der Waals surface area contributed by atoms with Crippen LogP contribution < -0.4 is 5.01 Å². The van der Waals surface area contributed by atoms with E-state index in [0.29, 0.717) is 10.6 Å². The molecule has 4 rings (SSSR count). The number of esters is 1. The number of furan rings is 1. The monoisotopic (exact) mass is 499 g/mol. The Kier molecular flexibility index (Phi) is 6.43. The highest BCUT2D eigenvalue weighted by Crippen LogP contribution is 2.34. The second-order valence-electron chi connectivity index (χ2n) is 7.40. The largest absolute Gasteiger partial charge is 0.462 e. The fourth-order valence-electron chi connectivity index (χ4n) is 3.38. The molecule has 0 bridgehead atoms. The summed E-state index contributed by atoms with van der Waals surface area (Å²) in [5.41, 5.74) is -1.86. The van der Waals surface area contributed by atoms with Gasteiger partial charge in [0.05, 0.1) is 28.4 Å². The van der Waals surface area contributed by atoms with Gasteiger partial charge in [-0.3, -0.25) is 14.9 Å². The minimum atomic E-state index is -4.95. The van der Waals surface area contributed by atoms with Gasteiger partial charge in [-0.05, 0) is 49.4 Å². The van der Waals surface area contributed by atoms with Crippen molar-refractivity contribution in [2.24, 2.45) is 5.10 Å². The van der Waals surface area contributed by atoms with Crippen molar-refractivity contribution in [1.29, 1.82) is 0 Å². The average molecular weight is 499 g/mol. The molecule has 1 amide bonds. The molecule has 0 aliphatic carbocycles. The molecule has 36 heavy (non-hydrogen) atoms. The molecule has 0 unspecified atom stereocenters. The SMILES string of the molecule is CCOC(=O)c1ccc(N2N=C(C(F)(F)F)C(=Cc3ccc(-c4cccc([N+](=O)[O-])c4)o3)C2=O)cc1. The van der Waals surface area contributed by atoms with Gasteiger partial charge < -0.3 is 9.15 Å². The number of anilines is 1. The first kappa shape index (κ1) is 24.4. The Morgan fingerprint density at radius 1 is 1.17 bits per heavy atom. The topological polar surface area (TPSA) is 115 Å². The summed E-state index contributed by atoms with van der Waals surface area (Å²) in [6.45, 7) is 1.77. The number of nitro groups is 1. The average Bonchev–Trinajstić information content (AvgIpc) is 3.44. The zero-order valence-electron chi connectivity index (χ0n) is 18.5. The van der Waals surface area contributed by atoms with Crippen LogP contribution in [-0.4, -0.2) is 35.3 Å². The fourth-order valence-corrected chi connectivity index (χ4v) is 3.38. The van der Waals surface area contributed by atoms with Crippen LogP contribution >= 0.6 is 0 Å². The molecule has 0 atom stereocenters. The highest BCUT2D eigenvalue weighted by molar-refractivity contribution is 6.34. The predicted molar refractivity (Wildman–Crippen MR) is 122 cm³/mol. The normalized spacial score (nSPS) is 14.8. The van der Waals surface area contributed by atoms with Gasteiger partial charge in [0.2, 0.25) is 0 Å². The molecular formula is C24H16F3N3O6. The number of hydrogen-bond acceptors (Lipinski definition) is 7. The Labute approximate surface area is 201 Å². The minimum absolute atomic E-state index is 0.00919. The van der Waals surface area contributed by atoms with Gasteiger partial charge in [0, 0.05) is 17.7 Å². The molecule has 0 fully saturated rings. The predicted octanol–water partition coefficient (Wildman–Crippen LogP) is 5.38. The van der Waals surface area contributed by atoms with Crippen molar-refractivity contribution in [1.82, 2.24) is 0 Å². The first-order valence-electron chi connectivity index (χ1n) is 10.4. The number of hydrazone groups is 1. The van der Waals surface area contributed by atoms with Crippen LogP contribution in [-0.2, 0) is 9.53 Å². The van der Waals surface area contributed by atoms with Crippen molar-refractivity contribution in [3.63, 3.8) is 0 Å². The van der Waals surface area contributed by atoms with Gasteiger partial charge in [-0.25, -0.2) is 4.79 Å². The van der Waals surface area contributed by atoms with Gasteiger partial charge in [-0.15, -0.1) is 0 Å². The van der Waals surface area contributed by atoms with Crippen LogP contribution in [0.5, 0.6) is 0 Å². The number of ether oxygens (including phenoxy) is 1. The van der Waals surface area contributed by atoms with Crippen LogP contribution in [0.25, 0.3) is 17.4 Å². The molecule has 184 valence electrons. The van der Waals surface area contributed by atoms with Gasteiger partial charge in [0.15, 0.2) is 5.71 Å². The molecule has 0 N–H and O–H groups in total. The van der Waals surface area contributed by atoms with Crippen molar-refractivity contribution < 1.29 is 36.8 Å².